The van der Waals surface area contributed by atoms with E-state index in [1.54, 1.807) is 0 Å². The Morgan fingerprint density at radius 3 is 2.50 bits per heavy atom. The van der Waals surface area contributed by atoms with E-state index in [4.69, 9.17) is 4.52 Å². The summed E-state index contributed by atoms with van der Waals surface area (Å²) in [5.41, 5.74) is 1.73. The van der Waals surface area contributed by atoms with Crippen molar-refractivity contribution in [3.63, 3.8) is 0 Å². The van der Waals surface area contributed by atoms with Gasteiger partial charge in [0.1, 0.15) is 5.69 Å². The molecule has 4 nitrogen and oxygen atoms in total. The number of hydrogen-bond donors (Lipinski definition) is 1. The van der Waals surface area contributed by atoms with Crippen LogP contribution in [0.5, 0.6) is 0 Å². The average Bonchev–Trinajstić information content (AvgIpc) is 2.88. The first kappa shape index (κ1) is 14.9. The van der Waals surface area contributed by atoms with E-state index in [0.29, 0.717) is 0 Å². The number of hydrogen-bond acceptors (Lipinski definition) is 3. The molecule has 1 heterocycles. The minimum absolute atomic E-state index is 0.128. The minimum atomic E-state index is -1.13. The maximum absolute atomic E-state index is 12.1. The summed E-state index contributed by atoms with van der Waals surface area (Å²) in [7, 11) is -1.13. The summed E-state index contributed by atoms with van der Waals surface area (Å²) in [5.74, 6) is 0.718. The largest absolute Gasteiger partial charge is 0.356 e. The van der Waals surface area contributed by atoms with Gasteiger partial charge in [-0.3, -0.25) is 0 Å². The van der Waals surface area contributed by atoms with Crippen molar-refractivity contribution >= 4 is 11.0 Å². The van der Waals surface area contributed by atoms with Crippen LogP contribution in [0.1, 0.15) is 39.4 Å². The van der Waals surface area contributed by atoms with Crippen molar-refractivity contribution < 1.29 is 8.73 Å². The third kappa shape index (κ3) is 3.55. The van der Waals surface area contributed by atoms with Crippen molar-refractivity contribution in [1.82, 2.24) is 9.88 Å². The van der Waals surface area contributed by atoms with E-state index in [2.05, 4.69) is 9.88 Å². The molecule has 1 aromatic carbocycles. The minimum Gasteiger partial charge on any atom is -0.356 e. The second-order valence-electron chi connectivity index (χ2n) is 5.70. The van der Waals surface area contributed by atoms with Gasteiger partial charge in [-0.25, -0.2) is 8.93 Å². The van der Waals surface area contributed by atoms with Gasteiger partial charge in [0.05, 0.1) is 21.8 Å². The van der Waals surface area contributed by atoms with Crippen LogP contribution in [-0.2, 0) is 11.0 Å². The fraction of sp³-hybridized carbons (Fsp3) is 0.400. The summed E-state index contributed by atoms with van der Waals surface area (Å²) in [4.78, 5) is 0. The normalized spacial score (nSPS) is 15.0. The Kier molecular flexibility index (Phi) is 4.40. The second kappa shape index (κ2) is 5.89. The van der Waals surface area contributed by atoms with Crippen LogP contribution in [0.15, 0.2) is 40.9 Å². The molecule has 0 unspecified atom stereocenters. The lowest BCUT2D eigenvalue weighted by Gasteiger charge is -2.20. The molecular formula is C15H20N2O2S. The molecule has 0 amide bonds. The van der Waals surface area contributed by atoms with Gasteiger partial charge >= 0.3 is 0 Å². The Balaban J connectivity index is 2.11. The van der Waals surface area contributed by atoms with E-state index >= 15 is 0 Å². The molecule has 2 atom stereocenters. The molecule has 2 aromatic rings. The number of aromatic nitrogens is 1. The van der Waals surface area contributed by atoms with E-state index in [1.165, 1.54) is 0 Å². The first-order valence-electron chi connectivity index (χ1n) is 6.58. The first-order chi connectivity index (χ1) is 9.38. The molecule has 0 fully saturated rings. The summed E-state index contributed by atoms with van der Waals surface area (Å²) < 4.78 is 20.2. The zero-order valence-electron chi connectivity index (χ0n) is 12.2. The fourth-order valence-electron chi connectivity index (χ4n) is 1.63. The molecule has 0 aliphatic rings. The van der Waals surface area contributed by atoms with Gasteiger partial charge in [-0.05, 0) is 27.7 Å². The van der Waals surface area contributed by atoms with Crippen LogP contribution in [0, 0.1) is 0 Å². The highest BCUT2D eigenvalue weighted by Crippen LogP contribution is 2.23. The van der Waals surface area contributed by atoms with E-state index < -0.39 is 11.0 Å². The predicted octanol–water partition coefficient (Wildman–Crippen LogP) is 3.45. The molecular weight excluding hydrogens is 272 g/mol. The van der Waals surface area contributed by atoms with Crippen molar-refractivity contribution in [1.29, 1.82) is 0 Å². The van der Waals surface area contributed by atoms with Crippen LogP contribution < -0.4 is 4.72 Å². The molecule has 1 aromatic heterocycles. The lowest BCUT2D eigenvalue weighted by Crippen LogP contribution is -2.34. The molecule has 0 saturated heterocycles. The van der Waals surface area contributed by atoms with Gasteiger partial charge in [0.25, 0.3) is 0 Å². The molecule has 0 bridgehead atoms. The molecule has 2 rings (SSSR count). The zero-order valence-corrected chi connectivity index (χ0v) is 13.0. The van der Waals surface area contributed by atoms with Crippen LogP contribution in [0.2, 0.25) is 0 Å². The van der Waals surface area contributed by atoms with Gasteiger partial charge in [0.15, 0.2) is 5.76 Å². The third-order valence-electron chi connectivity index (χ3n) is 2.87. The fourth-order valence-corrected chi connectivity index (χ4v) is 2.42. The number of nitrogens with one attached hydrogen (secondary N) is 1. The monoisotopic (exact) mass is 292 g/mol. The maximum Gasteiger partial charge on any atom is 0.167 e. The highest BCUT2D eigenvalue weighted by Gasteiger charge is 2.23. The van der Waals surface area contributed by atoms with Crippen LogP contribution in [-0.4, -0.2) is 14.1 Å². The molecule has 108 valence electrons. The summed E-state index contributed by atoms with van der Waals surface area (Å²) >= 11 is 0. The van der Waals surface area contributed by atoms with Crippen molar-refractivity contribution in [3.05, 3.63) is 42.1 Å². The number of rotatable bonds is 4. The molecule has 1 N–H and O–H groups in total. The Bertz CT molecular complexity index is 587. The van der Waals surface area contributed by atoms with Crippen molar-refractivity contribution in [2.45, 2.75) is 38.5 Å². The molecule has 0 aliphatic heterocycles. The topological polar surface area (TPSA) is 55.1 Å². The summed E-state index contributed by atoms with van der Waals surface area (Å²) in [5, 5.41) is 4.06. The Morgan fingerprint density at radius 2 is 1.90 bits per heavy atom. The molecule has 0 radical (unpaired) electrons. The van der Waals surface area contributed by atoms with E-state index in [-0.39, 0.29) is 10.8 Å². The van der Waals surface area contributed by atoms with Crippen LogP contribution in [0.3, 0.4) is 0 Å². The molecule has 5 heteroatoms. The van der Waals surface area contributed by atoms with E-state index in [9.17, 15) is 4.21 Å². The number of nitrogens with zero attached hydrogens (tertiary/aromatic N) is 1. The molecule has 20 heavy (non-hydrogen) atoms. The molecule has 0 spiro atoms. The Hall–Kier alpha value is -1.46. The SMILES string of the molecule is C[C@H](N[S@@](=O)C(C)(C)C)c1cc(-c2ccccc2)on1. The first-order valence-corrected chi connectivity index (χ1v) is 7.73. The zero-order chi connectivity index (χ0) is 14.8. The smallest absolute Gasteiger partial charge is 0.167 e. The van der Waals surface area contributed by atoms with Crippen LogP contribution >= 0.6 is 0 Å². The predicted molar refractivity (Wildman–Crippen MR) is 81.4 cm³/mol. The van der Waals surface area contributed by atoms with Gasteiger partial charge in [-0.2, -0.15) is 0 Å². The van der Waals surface area contributed by atoms with E-state index in [1.807, 2.05) is 64.1 Å². The molecule has 0 saturated carbocycles. The lowest BCUT2D eigenvalue weighted by atomic mass is 10.1. The lowest BCUT2D eigenvalue weighted by molar-refractivity contribution is 0.416. The van der Waals surface area contributed by atoms with Gasteiger partial charge in [-0.1, -0.05) is 35.5 Å². The second-order valence-corrected chi connectivity index (χ2v) is 7.70. The summed E-state index contributed by atoms with van der Waals surface area (Å²) in [6, 6.07) is 11.5. The highest BCUT2D eigenvalue weighted by molar-refractivity contribution is 7.84. The van der Waals surface area contributed by atoms with Gasteiger partial charge in [-0.15, -0.1) is 0 Å². The third-order valence-corrected chi connectivity index (χ3v) is 4.55. The summed E-state index contributed by atoms with van der Waals surface area (Å²) in [6.45, 7) is 7.72. The van der Waals surface area contributed by atoms with Crippen LogP contribution in [0.25, 0.3) is 11.3 Å². The maximum atomic E-state index is 12.1. The standard InChI is InChI=1S/C15H20N2O2S/c1-11(17-20(18)15(2,3)4)13-10-14(19-16-13)12-8-6-5-7-9-12/h5-11,17H,1-4H3/t11-,20-/m0/s1. The number of benzene rings is 1. The Labute approximate surface area is 122 Å². The quantitative estimate of drug-likeness (QED) is 0.939. The van der Waals surface area contributed by atoms with Gasteiger partial charge in [0, 0.05) is 11.6 Å². The van der Waals surface area contributed by atoms with Crippen molar-refractivity contribution in [2.24, 2.45) is 0 Å². The highest BCUT2D eigenvalue weighted by atomic mass is 32.2. The van der Waals surface area contributed by atoms with Crippen molar-refractivity contribution in [3.8, 4) is 11.3 Å². The summed E-state index contributed by atoms with van der Waals surface area (Å²) in [6.07, 6.45) is 0. The van der Waals surface area contributed by atoms with Crippen molar-refractivity contribution in [2.75, 3.05) is 0 Å². The van der Waals surface area contributed by atoms with Crippen LogP contribution in [0.4, 0.5) is 0 Å². The van der Waals surface area contributed by atoms with Gasteiger partial charge in [0.2, 0.25) is 0 Å². The average molecular weight is 292 g/mol. The van der Waals surface area contributed by atoms with Gasteiger partial charge < -0.3 is 4.52 Å². The molecule has 0 aliphatic carbocycles. The Morgan fingerprint density at radius 1 is 1.25 bits per heavy atom. The van der Waals surface area contributed by atoms with E-state index in [0.717, 1.165) is 17.0 Å².